The zero-order valence-electron chi connectivity index (χ0n) is 11.5. The smallest absolute Gasteiger partial charge is 0.135 e. The molecule has 0 aliphatic carbocycles. The number of nitrogen functional groups attached to an aromatic ring is 1. The Morgan fingerprint density at radius 2 is 2.11 bits per heavy atom. The Kier molecular flexibility index (Phi) is 3.71. The van der Waals surface area contributed by atoms with E-state index in [1.54, 1.807) is 0 Å². The van der Waals surface area contributed by atoms with Gasteiger partial charge in [-0.2, -0.15) is 0 Å². The van der Waals surface area contributed by atoms with Gasteiger partial charge < -0.3 is 15.8 Å². The number of rotatable bonds is 3. The molecule has 18 heavy (non-hydrogen) atoms. The zero-order valence-corrected chi connectivity index (χ0v) is 11.5. The van der Waals surface area contributed by atoms with Crippen LogP contribution in [0.25, 0.3) is 0 Å². The standard InChI is InChI=1S/C13H22N4O/c1-7(2)12-16-11(14)8(3)13(17-12)15-10-5-6-18-9(10)4/h7,9-10H,5-6H2,1-4H3,(H3,14,15,16,17). The molecule has 1 aromatic heterocycles. The van der Waals surface area contributed by atoms with Crippen LogP contribution in [0.1, 0.15) is 44.5 Å². The molecular weight excluding hydrogens is 228 g/mol. The lowest BCUT2D eigenvalue weighted by Crippen LogP contribution is -2.28. The van der Waals surface area contributed by atoms with Gasteiger partial charge in [0.15, 0.2) is 0 Å². The van der Waals surface area contributed by atoms with Crippen molar-refractivity contribution in [3.05, 3.63) is 11.4 Å². The van der Waals surface area contributed by atoms with Crippen molar-refractivity contribution < 1.29 is 4.74 Å². The maximum Gasteiger partial charge on any atom is 0.135 e. The average molecular weight is 250 g/mol. The quantitative estimate of drug-likeness (QED) is 0.859. The summed E-state index contributed by atoms with van der Waals surface area (Å²) in [5, 5.41) is 3.44. The lowest BCUT2D eigenvalue weighted by atomic mass is 10.1. The summed E-state index contributed by atoms with van der Waals surface area (Å²) in [7, 11) is 0. The van der Waals surface area contributed by atoms with Gasteiger partial charge in [-0.25, -0.2) is 9.97 Å². The maximum absolute atomic E-state index is 5.95. The zero-order chi connectivity index (χ0) is 13.3. The summed E-state index contributed by atoms with van der Waals surface area (Å²) in [6, 6.07) is 0.304. The molecule has 1 aromatic rings. The van der Waals surface area contributed by atoms with Crippen LogP contribution < -0.4 is 11.1 Å². The van der Waals surface area contributed by atoms with E-state index in [1.165, 1.54) is 0 Å². The summed E-state index contributed by atoms with van der Waals surface area (Å²) in [5.74, 6) is 2.45. The van der Waals surface area contributed by atoms with E-state index >= 15 is 0 Å². The first kappa shape index (κ1) is 13.1. The molecule has 5 heteroatoms. The first-order valence-corrected chi connectivity index (χ1v) is 6.51. The highest BCUT2D eigenvalue weighted by Crippen LogP contribution is 2.24. The molecular formula is C13H22N4O. The van der Waals surface area contributed by atoms with Gasteiger partial charge in [0.25, 0.3) is 0 Å². The van der Waals surface area contributed by atoms with Crippen molar-refractivity contribution in [2.75, 3.05) is 17.7 Å². The predicted octanol–water partition coefficient (Wildman–Crippen LogP) is 2.08. The molecule has 3 N–H and O–H groups in total. The van der Waals surface area contributed by atoms with Crippen LogP contribution in [0.2, 0.25) is 0 Å². The number of ether oxygens (including phenoxy) is 1. The van der Waals surface area contributed by atoms with Gasteiger partial charge in [-0.05, 0) is 20.3 Å². The number of aromatic nitrogens is 2. The van der Waals surface area contributed by atoms with Gasteiger partial charge in [0.2, 0.25) is 0 Å². The van der Waals surface area contributed by atoms with Crippen molar-refractivity contribution in [1.29, 1.82) is 0 Å². The first-order valence-electron chi connectivity index (χ1n) is 6.51. The fourth-order valence-electron chi connectivity index (χ4n) is 2.05. The normalized spacial score (nSPS) is 23.6. The van der Waals surface area contributed by atoms with E-state index in [1.807, 2.05) is 6.92 Å². The molecule has 100 valence electrons. The number of hydrogen-bond acceptors (Lipinski definition) is 5. The van der Waals surface area contributed by atoms with Crippen LogP contribution in [0, 0.1) is 6.92 Å². The first-order chi connectivity index (χ1) is 8.49. The Labute approximate surface area is 108 Å². The Morgan fingerprint density at radius 3 is 2.67 bits per heavy atom. The summed E-state index contributed by atoms with van der Waals surface area (Å²) >= 11 is 0. The van der Waals surface area contributed by atoms with Gasteiger partial charge in [0, 0.05) is 18.1 Å². The van der Waals surface area contributed by atoms with E-state index in [4.69, 9.17) is 10.5 Å². The van der Waals surface area contributed by atoms with Crippen molar-refractivity contribution in [2.45, 2.75) is 52.2 Å². The third-order valence-corrected chi connectivity index (χ3v) is 3.42. The molecule has 2 unspecified atom stereocenters. The number of hydrogen-bond donors (Lipinski definition) is 2. The Balaban J connectivity index is 2.25. The largest absolute Gasteiger partial charge is 0.383 e. The summed E-state index contributed by atoms with van der Waals surface area (Å²) < 4.78 is 5.55. The van der Waals surface area contributed by atoms with E-state index in [9.17, 15) is 0 Å². The van der Waals surface area contributed by atoms with Crippen molar-refractivity contribution in [3.8, 4) is 0 Å². The second-order valence-electron chi connectivity index (χ2n) is 5.21. The van der Waals surface area contributed by atoms with Gasteiger partial charge in [0.1, 0.15) is 17.5 Å². The van der Waals surface area contributed by atoms with Gasteiger partial charge in [0.05, 0.1) is 12.1 Å². The van der Waals surface area contributed by atoms with E-state index in [2.05, 4.69) is 36.1 Å². The third-order valence-electron chi connectivity index (χ3n) is 3.42. The van der Waals surface area contributed by atoms with Crippen LogP contribution in [0.4, 0.5) is 11.6 Å². The van der Waals surface area contributed by atoms with Crippen LogP contribution in [0.15, 0.2) is 0 Å². The minimum atomic E-state index is 0.211. The molecule has 1 aliphatic heterocycles. The number of nitrogens with zero attached hydrogens (tertiary/aromatic N) is 2. The van der Waals surface area contributed by atoms with E-state index in [-0.39, 0.29) is 12.0 Å². The van der Waals surface area contributed by atoms with Crippen molar-refractivity contribution >= 4 is 11.6 Å². The van der Waals surface area contributed by atoms with Crippen LogP contribution in [-0.2, 0) is 4.74 Å². The molecule has 1 aliphatic rings. The van der Waals surface area contributed by atoms with Gasteiger partial charge >= 0.3 is 0 Å². The lowest BCUT2D eigenvalue weighted by Gasteiger charge is -2.19. The molecule has 5 nitrogen and oxygen atoms in total. The lowest BCUT2D eigenvalue weighted by molar-refractivity contribution is 0.121. The van der Waals surface area contributed by atoms with Crippen LogP contribution in [0.3, 0.4) is 0 Å². The highest BCUT2D eigenvalue weighted by molar-refractivity contribution is 5.55. The monoisotopic (exact) mass is 250 g/mol. The minimum Gasteiger partial charge on any atom is -0.383 e. The summed E-state index contributed by atoms with van der Waals surface area (Å²) in [6.07, 6.45) is 1.21. The van der Waals surface area contributed by atoms with Crippen LogP contribution in [-0.4, -0.2) is 28.7 Å². The number of nitrogens with one attached hydrogen (secondary N) is 1. The molecule has 1 saturated heterocycles. The van der Waals surface area contributed by atoms with E-state index in [0.29, 0.717) is 11.9 Å². The summed E-state index contributed by atoms with van der Waals surface area (Å²) in [6.45, 7) is 8.95. The molecule has 0 aromatic carbocycles. The van der Waals surface area contributed by atoms with Crippen molar-refractivity contribution in [2.24, 2.45) is 0 Å². The number of nitrogens with two attached hydrogens (primary N) is 1. The van der Waals surface area contributed by atoms with Gasteiger partial charge in [-0.3, -0.25) is 0 Å². The molecule has 0 radical (unpaired) electrons. The van der Waals surface area contributed by atoms with E-state index in [0.717, 1.165) is 30.2 Å². The summed E-state index contributed by atoms with van der Waals surface area (Å²) in [5.41, 5.74) is 6.86. The van der Waals surface area contributed by atoms with Crippen LogP contribution in [0.5, 0.6) is 0 Å². The number of anilines is 2. The highest BCUT2D eigenvalue weighted by atomic mass is 16.5. The SMILES string of the molecule is Cc1c(N)nc(C(C)C)nc1NC1CCOC1C. The molecule has 0 bridgehead atoms. The van der Waals surface area contributed by atoms with Gasteiger partial charge in [-0.1, -0.05) is 13.8 Å². The van der Waals surface area contributed by atoms with Gasteiger partial charge in [-0.15, -0.1) is 0 Å². The van der Waals surface area contributed by atoms with Crippen molar-refractivity contribution in [1.82, 2.24) is 9.97 Å². The highest BCUT2D eigenvalue weighted by Gasteiger charge is 2.25. The topological polar surface area (TPSA) is 73.1 Å². The second kappa shape index (κ2) is 5.10. The Hall–Kier alpha value is -1.36. The fraction of sp³-hybridized carbons (Fsp3) is 0.692. The Bertz CT molecular complexity index is 433. The molecule has 0 amide bonds. The van der Waals surface area contributed by atoms with E-state index < -0.39 is 0 Å². The maximum atomic E-state index is 5.95. The molecule has 2 heterocycles. The summed E-state index contributed by atoms with van der Waals surface area (Å²) in [4.78, 5) is 8.89. The Morgan fingerprint density at radius 1 is 1.39 bits per heavy atom. The molecule has 2 rings (SSSR count). The molecule has 1 fully saturated rings. The molecule has 0 saturated carbocycles. The fourth-order valence-corrected chi connectivity index (χ4v) is 2.05. The molecule has 2 atom stereocenters. The van der Waals surface area contributed by atoms with Crippen molar-refractivity contribution in [3.63, 3.8) is 0 Å². The molecule has 0 spiro atoms. The second-order valence-corrected chi connectivity index (χ2v) is 5.21. The van der Waals surface area contributed by atoms with Crippen LogP contribution >= 0.6 is 0 Å². The predicted molar refractivity (Wildman–Crippen MR) is 72.7 cm³/mol. The third kappa shape index (κ3) is 2.56. The minimum absolute atomic E-state index is 0.211. The average Bonchev–Trinajstić information content (AvgIpc) is 2.70.